The predicted molar refractivity (Wildman–Crippen MR) is 121 cm³/mol. The van der Waals surface area contributed by atoms with Crippen molar-refractivity contribution < 1.29 is 5.11 Å². The van der Waals surface area contributed by atoms with Crippen molar-refractivity contribution in [1.82, 2.24) is 25.5 Å². The molecule has 1 aromatic carbocycles. The molecule has 1 atom stereocenters. The lowest BCUT2D eigenvalue weighted by molar-refractivity contribution is 0.477. The molecule has 1 aliphatic heterocycles. The fourth-order valence-electron chi connectivity index (χ4n) is 3.99. The van der Waals surface area contributed by atoms with Crippen molar-refractivity contribution in [1.29, 1.82) is 0 Å². The number of nitrogens with zero attached hydrogens (tertiary/aromatic N) is 5. The molecule has 3 aromatic rings. The second-order valence-corrected chi connectivity index (χ2v) is 8.33. The number of benzene rings is 1. The molecule has 2 fully saturated rings. The standard InChI is InChI=1S/C23H27N7O/c1-24-22-11-20(26-14-27-22)16-4-5-18(21(31)10-16)19-6-7-23(29-28-19)30-9-8-17(13-30)25-12-15-2-3-15/h4-7,10-11,14-15,17,25,31H,2-3,8-9,12-13H2,1H3,(H,24,26,27)/t17-/m0/s1. The van der Waals surface area contributed by atoms with Crippen molar-refractivity contribution in [3.63, 3.8) is 0 Å². The third-order valence-corrected chi connectivity index (χ3v) is 6.05. The molecule has 1 saturated carbocycles. The normalized spacial score (nSPS) is 18.4. The van der Waals surface area contributed by atoms with E-state index in [1.807, 2.05) is 37.4 Å². The monoisotopic (exact) mass is 417 g/mol. The molecule has 1 saturated heterocycles. The van der Waals surface area contributed by atoms with Gasteiger partial charge in [0.15, 0.2) is 5.82 Å². The highest BCUT2D eigenvalue weighted by atomic mass is 16.3. The predicted octanol–water partition coefficient (Wildman–Crippen LogP) is 2.93. The first kappa shape index (κ1) is 19.7. The van der Waals surface area contributed by atoms with Gasteiger partial charge in [0.25, 0.3) is 0 Å². The summed E-state index contributed by atoms with van der Waals surface area (Å²) in [5.74, 6) is 2.65. The van der Waals surface area contributed by atoms with Crippen LogP contribution in [0.1, 0.15) is 19.3 Å². The van der Waals surface area contributed by atoms with Crippen molar-refractivity contribution in [2.45, 2.75) is 25.3 Å². The third-order valence-electron chi connectivity index (χ3n) is 6.05. The zero-order valence-corrected chi connectivity index (χ0v) is 17.6. The molecule has 8 nitrogen and oxygen atoms in total. The van der Waals surface area contributed by atoms with Crippen molar-refractivity contribution in [2.24, 2.45) is 5.92 Å². The van der Waals surface area contributed by atoms with E-state index in [9.17, 15) is 5.11 Å². The van der Waals surface area contributed by atoms with Gasteiger partial charge in [-0.1, -0.05) is 6.07 Å². The average Bonchev–Trinajstić information content (AvgIpc) is 3.53. The molecule has 160 valence electrons. The summed E-state index contributed by atoms with van der Waals surface area (Å²) in [5, 5.41) is 26.1. The van der Waals surface area contributed by atoms with Crippen LogP contribution < -0.4 is 15.5 Å². The van der Waals surface area contributed by atoms with Crippen molar-refractivity contribution in [2.75, 3.05) is 36.9 Å². The Morgan fingerprint density at radius 1 is 1.03 bits per heavy atom. The quantitative estimate of drug-likeness (QED) is 0.540. The minimum absolute atomic E-state index is 0.148. The molecule has 3 N–H and O–H groups in total. The zero-order valence-electron chi connectivity index (χ0n) is 17.6. The van der Waals surface area contributed by atoms with Gasteiger partial charge in [-0.25, -0.2) is 9.97 Å². The molecule has 0 amide bonds. The second kappa shape index (κ2) is 8.47. The lowest BCUT2D eigenvalue weighted by atomic mass is 10.0. The van der Waals surface area contributed by atoms with Gasteiger partial charge in [-0.05, 0) is 56.0 Å². The molecule has 5 rings (SSSR count). The van der Waals surface area contributed by atoms with Gasteiger partial charge in [0.2, 0.25) is 0 Å². The Bertz CT molecular complexity index is 1050. The Kier molecular flexibility index (Phi) is 5.38. The number of rotatable bonds is 7. The lowest BCUT2D eigenvalue weighted by Crippen LogP contribution is -2.34. The number of hydrogen-bond acceptors (Lipinski definition) is 8. The van der Waals surface area contributed by atoms with E-state index in [1.165, 1.54) is 19.2 Å². The number of aromatic hydroxyl groups is 1. The summed E-state index contributed by atoms with van der Waals surface area (Å²) >= 11 is 0. The van der Waals surface area contributed by atoms with E-state index in [0.29, 0.717) is 17.3 Å². The molecule has 0 spiro atoms. The fraction of sp³-hybridized carbons (Fsp3) is 0.391. The Morgan fingerprint density at radius 3 is 2.68 bits per heavy atom. The van der Waals surface area contributed by atoms with Crippen LogP contribution in [0.25, 0.3) is 22.5 Å². The number of phenols is 1. The maximum atomic E-state index is 10.6. The molecule has 2 aromatic heterocycles. The van der Waals surface area contributed by atoms with Gasteiger partial charge in [0, 0.05) is 43.4 Å². The van der Waals surface area contributed by atoms with E-state index in [-0.39, 0.29) is 5.75 Å². The molecule has 1 aliphatic carbocycles. The first-order valence-corrected chi connectivity index (χ1v) is 10.9. The van der Waals surface area contributed by atoms with Crippen LogP contribution in [0.4, 0.5) is 11.6 Å². The van der Waals surface area contributed by atoms with E-state index in [2.05, 4.69) is 35.7 Å². The summed E-state index contributed by atoms with van der Waals surface area (Å²) < 4.78 is 0. The number of phenolic OH excluding ortho intramolecular Hbond substituents is 1. The molecule has 2 aliphatic rings. The summed E-state index contributed by atoms with van der Waals surface area (Å²) in [7, 11) is 1.81. The van der Waals surface area contributed by atoms with Gasteiger partial charge in [0.1, 0.15) is 17.9 Å². The number of hydrogen-bond donors (Lipinski definition) is 3. The van der Waals surface area contributed by atoms with Crippen LogP contribution in [-0.2, 0) is 0 Å². The smallest absolute Gasteiger partial charge is 0.151 e. The Balaban J connectivity index is 1.28. The SMILES string of the molecule is CNc1cc(-c2ccc(-c3ccc(N4CC[C@H](NCC5CC5)C4)nn3)c(O)c2)ncn1. The van der Waals surface area contributed by atoms with Gasteiger partial charge in [-0.3, -0.25) is 0 Å². The van der Waals surface area contributed by atoms with Crippen LogP contribution in [0, 0.1) is 5.92 Å². The summed E-state index contributed by atoms with van der Waals surface area (Å²) in [6, 6.07) is 11.7. The van der Waals surface area contributed by atoms with E-state index < -0.39 is 0 Å². The second-order valence-electron chi connectivity index (χ2n) is 8.33. The highest BCUT2D eigenvalue weighted by Crippen LogP contribution is 2.33. The van der Waals surface area contributed by atoms with Crippen molar-refractivity contribution in [3.8, 4) is 28.3 Å². The third kappa shape index (κ3) is 4.44. The molecular weight excluding hydrogens is 390 g/mol. The van der Waals surface area contributed by atoms with Crippen LogP contribution >= 0.6 is 0 Å². The van der Waals surface area contributed by atoms with Crippen LogP contribution in [0.3, 0.4) is 0 Å². The Labute approximate surface area is 181 Å². The summed E-state index contributed by atoms with van der Waals surface area (Å²) in [6.45, 7) is 3.10. The largest absolute Gasteiger partial charge is 0.507 e. The summed E-state index contributed by atoms with van der Waals surface area (Å²) in [5.41, 5.74) is 2.85. The molecule has 0 unspecified atom stereocenters. The Hall–Kier alpha value is -3.26. The highest BCUT2D eigenvalue weighted by Gasteiger charge is 2.27. The van der Waals surface area contributed by atoms with Crippen LogP contribution in [-0.4, -0.2) is 58.0 Å². The van der Waals surface area contributed by atoms with Crippen molar-refractivity contribution in [3.05, 3.63) is 42.7 Å². The van der Waals surface area contributed by atoms with E-state index >= 15 is 0 Å². The molecular formula is C23H27N7O. The van der Waals surface area contributed by atoms with E-state index in [0.717, 1.165) is 54.9 Å². The molecule has 0 radical (unpaired) electrons. The van der Waals surface area contributed by atoms with E-state index in [4.69, 9.17) is 0 Å². The highest BCUT2D eigenvalue weighted by molar-refractivity contribution is 5.73. The van der Waals surface area contributed by atoms with Crippen LogP contribution in [0.5, 0.6) is 5.75 Å². The first-order valence-electron chi connectivity index (χ1n) is 10.9. The summed E-state index contributed by atoms with van der Waals surface area (Å²) in [6.07, 6.45) is 5.39. The van der Waals surface area contributed by atoms with Crippen LogP contribution in [0.15, 0.2) is 42.7 Å². The molecule has 8 heteroatoms. The number of aromatic nitrogens is 4. The maximum absolute atomic E-state index is 10.6. The molecule has 0 bridgehead atoms. The van der Waals surface area contributed by atoms with Crippen molar-refractivity contribution >= 4 is 11.6 Å². The number of nitrogens with one attached hydrogen (secondary N) is 2. The van der Waals surface area contributed by atoms with Gasteiger partial charge in [-0.15, -0.1) is 10.2 Å². The maximum Gasteiger partial charge on any atom is 0.151 e. The number of anilines is 2. The van der Waals surface area contributed by atoms with Gasteiger partial charge in [0.05, 0.1) is 11.4 Å². The van der Waals surface area contributed by atoms with Gasteiger partial charge in [-0.2, -0.15) is 0 Å². The Morgan fingerprint density at radius 2 is 1.94 bits per heavy atom. The fourth-order valence-corrected chi connectivity index (χ4v) is 3.99. The van der Waals surface area contributed by atoms with Gasteiger partial charge < -0.3 is 20.6 Å². The minimum Gasteiger partial charge on any atom is -0.507 e. The topological polar surface area (TPSA) is 99.1 Å². The van der Waals surface area contributed by atoms with Gasteiger partial charge >= 0.3 is 0 Å². The summed E-state index contributed by atoms with van der Waals surface area (Å²) in [4.78, 5) is 10.7. The average molecular weight is 418 g/mol. The molecule has 31 heavy (non-hydrogen) atoms. The van der Waals surface area contributed by atoms with Crippen LogP contribution in [0.2, 0.25) is 0 Å². The minimum atomic E-state index is 0.148. The molecule has 3 heterocycles. The first-order chi connectivity index (χ1) is 15.2. The lowest BCUT2D eigenvalue weighted by Gasteiger charge is -2.17. The zero-order chi connectivity index (χ0) is 21.2. The van der Waals surface area contributed by atoms with E-state index in [1.54, 1.807) is 6.07 Å².